The summed E-state index contributed by atoms with van der Waals surface area (Å²) in [6.45, 7) is 4.43. The molecule has 0 bridgehead atoms. The zero-order valence-corrected chi connectivity index (χ0v) is 10.3. The number of carbonyl (C=O) groups is 1. The number of hydrogen-bond donors (Lipinski definition) is 0. The van der Waals surface area contributed by atoms with E-state index >= 15 is 0 Å². The van der Waals surface area contributed by atoms with Crippen molar-refractivity contribution in [1.29, 1.82) is 0 Å². The van der Waals surface area contributed by atoms with E-state index in [0.717, 1.165) is 25.2 Å². The Morgan fingerprint density at radius 3 is 2.25 bits per heavy atom. The van der Waals surface area contributed by atoms with Crippen LogP contribution in [0.2, 0.25) is 0 Å². The van der Waals surface area contributed by atoms with Gasteiger partial charge in [0.2, 0.25) is 0 Å². The largest absolute Gasteiger partial charge is 0.338 e. The van der Waals surface area contributed by atoms with Crippen LogP contribution in [-0.4, -0.2) is 49.4 Å². The Kier molecular flexibility index (Phi) is 4.99. The van der Waals surface area contributed by atoms with Gasteiger partial charge in [0.05, 0.1) is 0 Å². The minimum absolute atomic E-state index is 0.116. The molecule has 0 N–H and O–H groups in total. The van der Waals surface area contributed by atoms with Gasteiger partial charge in [-0.25, -0.2) is 0 Å². The highest BCUT2D eigenvalue weighted by atomic mass is 16.2. The van der Waals surface area contributed by atoms with Crippen molar-refractivity contribution >= 4 is 5.91 Å². The summed E-state index contributed by atoms with van der Waals surface area (Å²) in [5.74, 6) is 0.116. The van der Waals surface area contributed by atoms with Crippen molar-refractivity contribution < 1.29 is 4.79 Å². The van der Waals surface area contributed by atoms with Gasteiger partial charge in [0.1, 0.15) is 0 Å². The zero-order chi connectivity index (χ0) is 12.0. The van der Waals surface area contributed by atoms with Crippen LogP contribution in [0.25, 0.3) is 0 Å². The van der Waals surface area contributed by atoms with E-state index in [9.17, 15) is 4.79 Å². The highest BCUT2D eigenvalue weighted by Crippen LogP contribution is 2.04. The molecule has 0 fully saturated rings. The first-order chi connectivity index (χ1) is 7.65. The van der Waals surface area contributed by atoms with Crippen LogP contribution in [0.5, 0.6) is 0 Å². The molecule has 1 rings (SSSR count). The highest BCUT2D eigenvalue weighted by Gasteiger charge is 2.13. The molecular formula is C13H20N2O. The van der Waals surface area contributed by atoms with Crippen molar-refractivity contribution in [2.24, 2.45) is 0 Å². The summed E-state index contributed by atoms with van der Waals surface area (Å²) < 4.78 is 0. The van der Waals surface area contributed by atoms with Gasteiger partial charge in [-0.2, -0.15) is 0 Å². The number of amides is 1. The molecule has 0 atom stereocenters. The summed E-state index contributed by atoms with van der Waals surface area (Å²) >= 11 is 0. The standard InChI is InChI=1S/C13H20N2O/c1-4-15(11-10-14(2)3)13(16)12-8-6-5-7-9-12/h5-9H,4,10-11H2,1-3H3. The number of hydrogen-bond acceptors (Lipinski definition) is 2. The first kappa shape index (κ1) is 12.7. The maximum atomic E-state index is 12.1. The van der Waals surface area contributed by atoms with Gasteiger partial charge in [0.15, 0.2) is 0 Å². The first-order valence-corrected chi connectivity index (χ1v) is 5.64. The van der Waals surface area contributed by atoms with E-state index in [1.807, 2.05) is 56.3 Å². The van der Waals surface area contributed by atoms with E-state index in [1.165, 1.54) is 0 Å². The van der Waals surface area contributed by atoms with Crippen LogP contribution in [0, 0.1) is 0 Å². The molecule has 1 amide bonds. The minimum Gasteiger partial charge on any atom is -0.338 e. The number of carbonyl (C=O) groups excluding carboxylic acids is 1. The summed E-state index contributed by atoms with van der Waals surface area (Å²) in [6, 6.07) is 9.44. The normalized spacial score (nSPS) is 10.5. The summed E-state index contributed by atoms with van der Waals surface area (Å²) in [4.78, 5) is 16.1. The molecule has 0 aliphatic rings. The van der Waals surface area contributed by atoms with Gasteiger partial charge in [-0.3, -0.25) is 4.79 Å². The van der Waals surface area contributed by atoms with Crippen molar-refractivity contribution in [2.45, 2.75) is 6.92 Å². The van der Waals surface area contributed by atoms with Crippen LogP contribution in [0.1, 0.15) is 17.3 Å². The van der Waals surface area contributed by atoms with Gasteiger partial charge in [-0.05, 0) is 33.2 Å². The van der Waals surface area contributed by atoms with E-state index in [-0.39, 0.29) is 5.91 Å². The van der Waals surface area contributed by atoms with Gasteiger partial charge in [0, 0.05) is 25.2 Å². The third-order valence-corrected chi connectivity index (χ3v) is 2.51. The molecule has 0 unspecified atom stereocenters. The van der Waals surface area contributed by atoms with E-state index in [4.69, 9.17) is 0 Å². The monoisotopic (exact) mass is 220 g/mol. The Morgan fingerprint density at radius 2 is 1.75 bits per heavy atom. The molecule has 1 aromatic rings. The van der Waals surface area contributed by atoms with Crippen LogP contribution >= 0.6 is 0 Å². The molecule has 0 saturated carbocycles. The highest BCUT2D eigenvalue weighted by molar-refractivity contribution is 5.94. The number of benzene rings is 1. The SMILES string of the molecule is CCN(CCN(C)C)C(=O)c1ccccc1. The van der Waals surface area contributed by atoms with Crippen molar-refractivity contribution in [3.8, 4) is 0 Å². The van der Waals surface area contributed by atoms with E-state index in [2.05, 4.69) is 4.90 Å². The average Bonchev–Trinajstić information content (AvgIpc) is 2.30. The smallest absolute Gasteiger partial charge is 0.253 e. The first-order valence-electron chi connectivity index (χ1n) is 5.64. The molecule has 0 radical (unpaired) electrons. The van der Waals surface area contributed by atoms with Gasteiger partial charge < -0.3 is 9.80 Å². The van der Waals surface area contributed by atoms with E-state index < -0.39 is 0 Å². The summed E-state index contributed by atoms with van der Waals surface area (Å²) in [5, 5.41) is 0. The van der Waals surface area contributed by atoms with Gasteiger partial charge in [0.25, 0.3) is 5.91 Å². The van der Waals surface area contributed by atoms with Crippen LogP contribution in [0.4, 0.5) is 0 Å². The van der Waals surface area contributed by atoms with Gasteiger partial charge in [-0.1, -0.05) is 18.2 Å². The second-order valence-corrected chi connectivity index (χ2v) is 4.05. The molecule has 1 aromatic carbocycles. The summed E-state index contributed by atoms with van der Waals surface area (Å²) in [7, 11) is 4.03. The number of likely N-dealkylation sites (N-methyl/N-ethyl adjacent to an activating group) is 2. The number of nitrogens with zero attached hydrogens (tertiary/aromatic N) is 2. The molecule has 88 valence electrons. The maximum Gasteiger partial charge on any atom is 0.253 e. The molecule has 3 nitrogen and oxygen atoms in total. The van der Waals surface area contributed by atoms with Crippen molar-refractivity contribution in [3.63, 3.8) is 0 Å². The van der Waals surface area contributed by atoms with Crippen LogP contribution < -0.4 is 0 Å². The van der Waals surface area contributed by atoms with E-state index in [1.54, 1.807) is 0 Å². The fraction of sp³-hybridized carbons (Fsp3) is 0.462. The quantitative estimate of drug-likeness (QED) is 0.754. The Morgan fingerprint density at radius 1 is 1.12 bits per heavy atom. The third-order valence-electron chi connectivity index (χ3n) is 2.51. The van der Waals surface area contributed by atoms with Crippen LogP contribution in [-0.2, 0) is 0 Å². The molecular weight excluding hydrogens is 200 g/mol. The second-order valence-electron chi connectivity index (χ2n) is 4.05. The Hall–Kier alpha value is -1.35. The lowest BCUT2D eigenvalue weighted by Crippen LogP contribution is -2.36. The average molecular weight is 220 g/mol. The zero-order valence-electron chi connectivity index (χ0n) is 10.3. The minimum atomic E-state index is 0.116. The predicted molar refractivity (Wildman–Crippen MR) is 66.6 cm³/mol. The lowest BCUT2D eigenvalue weighted by atomic mass is 10.2. The fourth-order valence-corrected chi connectivity index (χ4v) is 1.49. The van der Waals surface area contributed by atoms with Gasteiger partial charge >= 0.3 is 0 Å². The van der Waals surface area contributed by atoms with E-state index in [0.29, 0.717) is 0 Å². The van der Waals surface area contributed by atoms with Crippen LogP contribution in [0.3, 0.4) is 0 Å². The Bertz CT molecular complexity index is 322. The third kappa shape index (κ3) is 3.66. The maximum absolute atomic E-state index is 12.1. The molecule has 0 spiro atoms. The molecule has 0 heterocycles. The van der Waals surface area contributed by atoms with Crippen molar-refractivity contribution in [3.05, 3.63) is 35.9 Å². The predicted octanol–water partition coefficient (Wildman–Crippen LogP) is 1.71. The molecule has 16 heavy (non-hydrogen) atoms. The summed E-state index contributed by atoms with van der Waals surface area (Å²) in [5.41, 5.74) is 0.767. The van der Waals surface area contributed by atoms with Crippen LogP contribution in [0.15, 0.2) is 30.3 Å². The molecule has 3 heteroatoms. The number of rotatable bonds is 5. The second kappa shape index (κ2) is 6.28. The lowest BCUT2D eigenvalue weighted by molar-refractivity contribution is 0.0754. The molecule has 0 aromatic heterocycles. The molecule has 0 saturated heterocycles. The Balaban J connectivity index is 2.63. The fourth-order valence-electron chi connectivity index (χ4n) is 1.49. The Labute approximate surface area is 97.7 Å². The van der Waals surface area contributed by atoms with Gasteiger partial charge in [-0.15, -0.1) is 0 Å². The topological polar surface area (TPSA) is 23.6 Å². The lowest BCUT2D eigenvalue weighted by Gasteiger charge is -2.22. The molecule has 0 aliphatic heterocycles. The molecule has 0 aliphatic carbocycles. The summed E-state index contributed by atoms with van der Waals surface area (Å²) in [6.07, 6.45) is 0. The van der Waals surface area contributed by atoms with Crippen molar-refractivity contribution in [1.82, 2.24) is 9.80 Å². The van der Waals surface area contributed by atoms with Crippen molar-refractivity contribution in [2.75, 3.05) is 33.7 Å².